The Kier molecular flexibility index (Phi) is 46.8. The van der Waals surface area contributed by atoms with Gasteiger partial charge in [0.25, 0.3) is 0 Å². The van der Waals surface area contributed by atoms with Crippen molar-refractivity contribution < 1.29 is 24.5 Å². The normalized spacial score (nSPS) is 14.2. The van der Waals surface area contributed by atoms with Crippen molar-refractivity contribution in [2.75, 3.05) is 6.61 Å². The van der Waals surface area contributed by atoms with Crippen LogP contribution in [0, 0.1) is 0 Å². The summed E-state index contributed by atoms with van der Waals surface area (Å²) in [5.74, 6) is -0.572. The van der Waals surface area contributed by atoms with E-state index in [1.54, 1.807) is 0 Å². The average molecular weight is 874 g/mol. The molecule has 1 amide bonds. The van der Waals surface area contributed by atoms with Crippen LogP contribution in [0.5, 0.6) is 0 Å². The van der Waals surface area contributed by atoms with Gasteiger partial charge < -0.3 is 20.3 Å². The first-order chi connectivity index (χ1) is 31.0. The molecule has 0 aliphatic heterocycles. The van der Waals surface area contributed by atoms with E-state index in [9.17, 15) is 19.8 Å². The van der Waals surface area contributed by atoms with Crippen molar-refractivity contribution in [3.05, 3.63) is 109 Å². The van der Waals surface area contributed by atoms with Gasteiger partial charge in [0.2, 0.25) is 5.91 Å². The molecule has 3 atom stereocenters. The van der Waals surface area contributed by atoms with E-state index in [1.165, 1.54) is 96.3 Å². The second kappa shape index (κ2) is 49.5. The molecule has 0 fully saturated rings. The van der Waals surface area contributed by atoms with Crippen LogP contribution >= 0.6 is 0 Å². The largest absolute Gasteiger partial charge is 0.462 e. The zero-order valence-electron chi connectivity index (χ0n) is 40.7. The van der Waals surface area contributed by atoms with Gasteiger partial charge in [-0.25, -0.2) is 0 Å². The summed E-state index contributed by atoms with van der Waals surface area (Å²) in [7, 11) is 0. The average Bonchev–Trinajstić information content (AvgIpc) is 3.28. The smallest absolute Gasteiger partial charge is 0.306 e. The van der Waals surface area contributed by atoms with E-state index in [4.69, 9.17) is 4.74 Å². The lowest BCUT2D eigenvalue weighted by atomic mass is 10.0. The molecule has 6 nitrogen and oxygen atoms in total. The van der Waals surface area contributed by atoms with E-state index in [0.29, 0.717) is 19.3 Å². The van der Waals surface area contributed by atoms with Crippen molar-refractivity contribution in [2.45, 2.75) is 232 Å². The first kappa shape index (κ1) is 59.5. The lowest BCUT2D eigenvalue weighted by Gasteiger charge is -2.24. The predicted octanol–water partition coefficient (Wildman–Crippen LogP) is 15.5. The van der Waals surface area contributed by atoms with Crippen molar-refractivity contribution in [2.24, 2.45) is 0 Å². The molecule has 6 heteroatoms. The Hall–Kier alpha value is -3.48. The molecule has 0 aliphatic rings. The van der Waals surface area contributed by atoms with E-state index in [-0.39, 0.29) is 24.9 Å². The summed E-state index contributed by atoms with van der Waals surface area (Å²) in [6.07, 6.45) is 67.2. The highest BCUT2D eigenvalue weighted by molar-refractivity contribution is 5.77. The number of hydrogen-bond acceptors (Lipinski definition) is 5. The van der Waals surface area contributed by atoms with Crippen molar-refractivity contribution in [1.29, 1.82) is 0 Å². The first-order valence-corrected chi connectivity index (χ1v) is 25.7. The van der Waals surface area contributed by atoms with Crippen LogP contribution in [0.4, 0.5) is 0 Å². The molecule has 0 aromatic carbocycles. The second-order valence-corrected chi connectivity index (χ2v) is 17.0. The Morgan fingerprint density at radius 1 is 0.476 bits per heavy atom. The fourth-order valence-electron chi connectivity index (χ4n) is 7.23. The molecule has 0 spiro atoms. The zero-order valence-corrected chi connectivity index (χ0v) is 40.7. The number of unbranched alkanes of at least 4 members (excludes halogenated alkanes) is 21. The minimum absolute atomic E-state index is 0.0151. The lowest BCUT2D eigenvalue weighted by molar-refractivity contribution is -0.151. The molecule has 0 aromatic heterocycles. The summed E-state index contributed by atoms with van der Waals surface area (Å²) in [4.78, 5) is 26.1. The number of nitrogens with one attached hydrogen (secondary N) is 1. The SMILES string of the molecule is CC\C=C/C=C/C=C/C=C\C=C\C=C\CCCC(CC(=O)NC(CO)C(O)CCCCCCCCCCCCCCCC)OC(=O)CCCCCCCCC/C=C/C=C/C=C/CC. The Bertz CT molecular complexity index is 1300. The Morgan fingerprint density at radius 3 is 1.33 bits per heavy atom. The molecule has 0 saturated heterocycles. The first-order valence-electron chi connectivity index (χ1n) is 25.7. The highest BCUT2D eigenvalue weighted by atomic mass is 16.5. The number of amides is 1. The zero-order chi connectivity index (χ0) is 45.9. The minimum Gasteiger partial charge on any atom is -0.462 e. The second-order valence-electron chi connectivity index (χ2n) is 17.0. The fraction of sp³-hybridized carbons (Fsp3) is 0.649. The minimum atomic E-state index is -0.816. The number of ether oxygens (including phenoxy) is 1. The third-order valence-corrected chi connectivity index (χ3v) is 11.1. The number of esters is 1. The number of rotatable bonds is 44. The number of allylic oxidation sites excluding steroid dienone is 18. The van der Waals surface area contributed by atoms with E-state index in [2.05, 4.69) is 74.7 Å². The monoisotopic (exact) mass is 874 g/mol. The molecule has 0 aromatic rings. The molecule has 3 N–H and O–H groups in total. The van der Waals surface area contributed by atoms with Crippen molar-refractivity contribution in [1.82, 2.24) is 5.32 Å². The summed E-state index contributed by atoms with van der Waals surface area (Å²) in [6.45, 7) is 6.18. The number of aliphatic hydroxyl groups excluding tert-OH is 2. The van der Waals surface area contributed by atoms with Gasteiger partial charge >= 0.3 is 5.97 Å². The van der Waals surface area contributed by atoms with Gasteiger partial charge in [-0.1, -0.05) is 252 Å². The molecular weight excluding hydrogens is 779 g/mol. The van der Waals surface area contributed by atoms with Gasteiger partial charge in [-0.15, -0.1) is 0 Å². The number of carbonyl (C=O) groups is 2. The van der Waals surface area contributed by atoms with Crippen LogP contribution in [-0.2, 0) is 14.3 Å². The highest BCUT2D eigenvalue weighted by Gasteiger charge is 2.24. The van der Waals surface area contributed by atoms with Crippen LogP contribution < -0.4 is 5.32 Å². The van der Waals surface area contributed by atoms with E-state index in [1.807, 2.05) is 60.8 Å². The summed E-state index contributed by atoms with van der Waals surface area (Å²) < 4.78 is 5.89. The van der Waals surface area contributed by atoms with Gasteiger partial charge in [0.15, 0.2) is 0 Å². The number of hydrogen-bond donors (Lipinski definition) is 3. The standard InChI is InChI=1S/C57H95NO5/c1-4-7-10-13-16-19-22-25-28-30-33-36-39-42-45-48-53(63-57(62)50-47-44-41-38-35-32-29-26-23-20-17-14-11-8-5-2)51-56(61)58-54(52-59)55(60)49-46-43-40-37-34-31-27-24-21-18-15-12-9-6-3/h7-8,10-11,13-14,16-17,19-20,22-23,25,28,30,33,36,39,53-55,59-60H,4-6,9,12,15,18,21,24,26-27,29,31-32,34-35,37-38,40-52H2,1-3H3,(H,58,61)/b10-7-,11-8+,16-13+,17-14+,22-19+,23-20+,28-25-,33-30+,39-36+. The Labute approximate surface area is 388 Å². The Balaban J connectivity index is 4.75. The molecule has 0 bridgehead atoms. The van der Waals surface area contributed by atoms with Crippen LogP contribution in [0.1, 0.15) is 213 Å². The molecule has 358 valence electrons. The van der Waals surface area contributed by atoms with Crippen molar-refractivity contribution in [3.8, 4) is 0 Å². The molecule has 0 saturated carbocycles. The molecule has 0 aliphatic carbocycles. The van der Waals surface area contributed by atoms with Crippen LogP contribution in [0.2, 0.25) is 0 Å². The molecule has 0 rings (SSSR count). The Morgan fingerprint density at radius 2 is 0.873 bits per heavy atom. The van der Waals surface area contributed by atoms with Crippen molar-refractivity contribution in [3.63, 3.8) is 0 Å². The van der Waals surface area contributed by atoms with Crippen LogP contribution in [0.15, 0.2) is 109 Å². The van der Waals surface area contributed by atoms with Crippen LogP contribution in [0.25, 0.3) is 0 Å². The molecule has 0 heterocycles. The molecule has 63 heavy (non-hydrogen) atoms. The number of carbonyl (C=O) groups excluding carboxylic acids is 2. The van der Waals surface area contributed by atoms with Gasteiger partial charge in [0.1, 0.15) is 6.10 Å². The van der Waals surface area contributed by atoms with Crippen molar-refractivity contribution >= 4 is 11.9 Å². The summed E-state index contributed by atoms with van der Waals surface area (Å²) in [5.41, 5.74) is 0. The maximum Gasteiger partial charge on any atom is 0.306 e. The molecule has 0 radical (unpaired) electrons. The predicted molar refractivity (Wildman–Crippen MR) is 273 cm³/mol. The third-order valence-electron chi connectivity index (χ3n) is 11.1. The van der Waals surface area contributed by atoms with Gasteiger partial charge in [0, 0.05) is 6.42 Å². The summed E-state index contributed by atoms with van der Waals surface area (Å²) in [5, 5.41) is 23.8. The molecular formula is C57H95NO5. The highest BCUT2D eigenvalue weighted by Crippen LogP contribution is 2.17. The van der Waals surface area contributed by atoms with E-state index < -0.39 is 18.2 Å². The quantitative estimate of drug-likeness (QED) is 0.0322. The van der Waals surface area contributed by atoms with E-state index in [0.717, 1.165) is 70.6 Å². The van der Waals surface area contributed by atoms with Gasteiger partial charge in [0.05, 0.1) is 25.2 Å². The van der Waals surface area contributed by atoms with Crippen LogP contribution in [-0.4, -0.2) is 46.9 Å². The fourth-order valence-corrected chi connectivity index (χ4v) is 7.23. The number of aliphatic hydroxyl groups is 2. The summed E-state index contributed by atoms with van der Waals surface area (Å²) in [6, 6.07) is -0.735. The van der Waals surface area contributed by atoms with E-state index >= 15 is 0 Å². The lowest BCUT2D eigenvalue weighted by Crippen LogP contribution is -2.46. The maximum absolute atomic E-state index is 13.2. The topological polar surface area (TPSA) is 95.9 Å². The summed E-state index contributed by atoms with van der Waals surface area (Å²) >= 11 is 0. The van der Waals surface area contributed by atoms with Crippen LogP contribution in [0.3, 0.4) is 0 Å². The maximum atomic E-state index is 13.2. The van der Waals surface area contributed by atoms with Gasteiger partial charge in [-0.05, 0) is 57.8 Å². The molecule has 3 unspecified atom stereocenters. The third kappa shape index (κ3) is 44.9. The van der Waals surface area contributed by atoms with Gasteiger partial charge in [-0.2, -0.15) is 0 Å². The van der Waals surface area contributed by atoms with Gasteiger partial charge in [-0.3, -0.25) is 9.59 Å².